The van der Waals surface area contributed by atoms with Crippen LogP contribution in [0.25, 0.3) is 5.69 Å². The number of carbonyl (C=O) groups excluding carboxylic acids is 1. The van der Waals surface area contributed by atoms with Gasteiger partial charge in [-0.05, 0) is 31.5 Å². The Morgan fingerprint density at radius 3 is 2.62 bits per heavy atom. The highest BCUT2D eigenvalue weighted by atomic mass is 19.4. The summed E-state index contributed by atoms with van der Waals surface area (Å²) >= 11 is 0. The van der Waals surface area contributed by atoms with Crippen LogP contribution in [-0.4, -0.2) is 49.7 Å². The number of nitrogens with one attached hydrogen (secondary N) is 2. The van der Waals surface area contributed by atoms with E-state index in [1.54, 1.807) is 10.9 Å². The summed E-state index contributed by atoms with van der Waals surface area (Å²) in [6.07, 6.45) is 0.160. The van der Waals surface area contributed by atoms with Crippen molar-refractivity contribution < 1.29 is 32.3 Å². The molecule has 0 saturated carbocycles. The number of oxazole rings is 1. The minimum absolute atomic E-state index is 0.104. The van der Waals surface area contributed by atoms with E-state index in [0.29, 0.717) is 11.6 Å². The Morgan fingerprint density at radius 1 is 1.28 bits per heavy atom. The number of amides is 1. The van der Waals surface area contributed by atoms with Crippen LogP contribution in [0.2, 0.25) is 0 Å². The van der Waals surface area contributed by atoms with Gasteiger partial charge in [-0.3, -0.25) is 4.79 Å². The molecule has 1 atom stereocenters. The van der Waals surface area contributed by atoms with Crippen LogP contribution in [0.5, 0.6) is 0 Å². The number of benzene rings is 1. The minimum atomic E-state index is -5.08. The summed E-state index contributed by atoms with van der Waals surface area (Å²) in [5, 5.41) is 21.3. The molecular formula is C19H19F3N6O4. The fraction of sp³-hybridized carbons (Fsp3) is 0.316. The molecular weight excluding hydrogens is 433 g/mol. The molecule has 1 aliphatic rings. The van der Waals surface area contributed by atoms with E-state index in [9.17, 15) is 18.0 Å². The maximum absolute atomic E-state index is 12.2. The lowest BCUT2D eigenvalue weighted by molar-refractivity contribution is -0.192. The molecule has 0 spiro atoms. The van der Waals surface area contributed by atoms with Crippen LogP contribution in [-0.2, 0) is 11.3 Å². The average molecular weight is 452 g/mol. The maximum atomic E-state index is 12.2. The number of carbonyl (C=O) groups is 2. The molecule has 1 saturated heterocycles. The quantitative estimate of drug-likeness (QED) is 0.537. The molecule has 0 bridgehead atoms. The first-order valence-corrected chi connectivity index (χ1v) is 9.48. The van der Waals surface area contributed by atoms with Crippen molar-refractivity contribution in [2.75, 3.05) is 6.54 Å². The lowest BCUT2D eigenvalue weighted by Gasteiger charge is -2.03. The number of carboxylic acid groups (broad SMARTS) is 1. The molecule has 3 heterocycles. The Kier molecular flexibility index (Phi) is 7.20. The third-order valence-corrected chi connectivity index (χ3v) is 4.35. The molecule has 10 nitrogen and oxygen atoms in total. The van der Waals surface area contributed by atoms with Crippen LogP contribution in [0.15, 0.2) is 47.2 Å². The van der Waals surface area contributed by atoms with Gasteiger partial charge in [0.15, 0.2) is 5.69 Å². The highest BCUT2D eigenvalue weighted by Gasteiger charge is 2.38. The first kappa shape index (κ1) is 22.9. The number of carboxylic acids is 1. The van der Waals surface area contributed by atoms with Crippen LogP contribution in [0, 0.1) is 0 Å². The average Bonchev–Trinajstić information content (AvgIpc) is 3.54. The minimum Gasteiger partial charge on any atom is -0.475 e. The first-order valence-electron chi connectivity index (χ1n) is 9.48. The fourth-order valence-corrected chi connectivity index (χ4v) is 2.79. The van der Waals surface area contributed by atoms with Crippen molar-refractivity contribution in [1.82, 2.24) is 30.6 Å². The number of aromatic nitrogens is 4. The van der Waals surface area contributed by atoms with Crippen molar-refractivity contribution in [3.05, 3.63) is 60.1 Å². The standard InChI is InChI=1S/C17H18N6O2.C2HF3O2/c24-16(15-11-25-17(20-15)14-7-4-8-18-14)19-9-12-10-23(22-21-12)13-5-2-1-3-6-13;3-2(4,5)1(6)7/h1-3,5-6,10-11,14,18H,4,7-9H2,(H,19,24);(H,6,7)/t14-;/m0./s1. The molecule has 2 aromatic heterocycles. The van der Waals surface area contributed by atoms with E-state index in [-0.39, 0.29) is 24.2 Å². The van der Waals surface area contributed by atoms with Crippen molar-refractivity contribution in [2.45, 2.75) is 31.6 Å². The molecule has 13 heteroatoms. The summed E-state index contributed by atoms with van der Waals surface area (Å²) in [7, 11) is 0. The van der Waals surface area contributed by atoms with Crippen LogP contribution in [0.1, 0.15) is 41.0 Å². The number of halogens is 3. The van der Waals surface area contributed by atoms with E-state index in [1.807, 2.05) is 30.3 Å². The van der Waals surface area contributed by atoms with Gasteiger partial charge in [0.1, 0.15) is 12.0 Å². The smallest absolute Gasteiger partial charge is 0.475 e. The zero-order chi connectivity index (χ0) is 23.1. The Morgan fingerprint density at radius 2 is 2.00 bits per heavy atom. The summed E-state index contributed by atoms with van der Waals surface area (Å²) in [4.78, 5) is 25.4. The Bertz CT molecular complexity index is 1040. The summed E-state index contributed by atoms with van der Waals surface area (Å²) in [6, 6.07) is 9.78. The number of hydrogen-bond acceptors (Lipinski definition) is 7. The highest BCUT2D eigenvalue weighted by Crippen LogP contribution is 2.22. The number of para-hydroxylation sites is 1. The predicted molar refractivity (Wildman–Crippen MR) is 103 cm³/mol. The molecule has 0 radical (unpaired) electrons. The number of aliphatic carboxylic acids is 1. The van der Waals surface area contributed by atoms with Gasteiger partial charge in [0.25, 0.3) is 5.91 Å². The van der Waals surface area contributed by atoms with Crippen molar-refractivity contribution in [2.24, 2.45) is 0 Å². The van der Waals surface area contributed by atoms with E-state index >= 15 is 0 Å². The van der Waals surface area contributed by atoms with Crippen LogP contribution in [0.4, 0.5) is 13.2 Å². The predicted octanol–water partition coefficient (Wildman–Crippen LogP) is 2.24. The Labute approximate surface area is 179 Å². The lowest BCUT2D eigenvalue weighted by Crippen LogP contribution is -2.23. The zero-order valence-electron chi connectivity index (χ0n) is 16.5. The molecule has 4 rings (SSSR count). The lowest BCUT2D eigenvalue weighted by atomic mass is 10.2. The molecule has 0 aliphatic carbocycles. The van der Waals surface area contributed by atoms with Gasteiger partial charge in [0.05, 0.1) is 24.5 Å². The van der Waals surface area contributed by atoms with E-state index in [0.717, 1.165) is 25.1 Å². The van der Waals surface area contributed by atoms with Crippen LogP contribution in [0.3, 0.4) is 0 Å². The van der Waals surface area contributed by atoms with Gasteiger partial charge in [-0.25, -0.2) is 14.5 Å². The molecule has 1 aliphatic heterocycles. The van der Waals surface area contributed by atoms with Gasteiger partial charge < -0.3 is 20.2 Å². The van der Waals surface area contributed by atoms with Gasteiger partial charge in [-0.15, -0.1) is 5.10 Å². The van der Waals surface area contributed by atoms with Crippen LogP contribution >= 0.6 is 0 Å². The molecule has 1 fully saturated rings. The molecule has 0 unspecified atom stereocenters. The third kappa shape index (κ3) is 6.14. The van der Waals surface area contributed by atoms with Gasteiger partial charge in [-0.1, -0.05) is 23.4 Å². The largest absolute Gasteiger partial charge is 0.490 e. The van der Waals surface area contributed by atoms with Gasteiger partial charge in [0.2, 0.25) is 5.89 Å². The number of nitrogens with zero attached hydrogens (tertiary/aromatic N) is 4. The second kappa shape index (κ2) is 10.0. The topological polar surface area (TPSA) is 135 Å². The van der Waals surface area contributed by atoms with Crippen LogP contribution < -0.4 is 10.6 Å². The number of rotatable bonds is 5. The van der Waals surface area contributed by atoms with Crippen molar-refractivity contribution in [1.29, 1.82) is 0 Å². The normalized spacial score (nSPS) is 15.7. The highest BCUT2D eigenvalue weighted by molar-refractivity contribution is 5.91. The van der Waals surface area contributed by atoms with Gasteiger partial charge in [0, 0.05) is 0 Å². The van der Waals surface area contributed by atoms with E-state index in [1.165, 1.54) is 6.26 Å². The van der Waals surface area contributed by atoms with Crippen molar-refractivity contribution >= 4 is 11.9 Å². The first-order chi connectivity index (χ1) is 15.2. The van der Waals surface area contributed by atoms with E-state index < -0.39 is 12.1 Å². The maximum Gasteiger partial charge on any atom is 0.490 e. The second-order valence-corrected chi connectivity index (χ2v) is 6.70. The third-order valence-electron chi connectivity index (χ3n) is 4.35. The summed E-state index contributed by atoms with van der Waals surface area (Å²) in [5.41, 5.74) is 1.86. The second-order valence-electron chi connectivity index (χ2n) is 6.70. The summed E-state index contributed by atoms with van der Waals surface area (Å²) < 4.78 is 38.8. The van der Waals surface area contributed by atoms with Gasteiger partial charge in [-0.2, -0.15) is 13.2 Å². The molecule has 170 valence electrons. The fourth-order valence-electron chi connectivity index (χ4n) is 2.79. The molecule has 3 N–H and O–H groups in total. The molecule has 1 aromatic carbocycles. The molecule has 3 aromatic rings. The number of hydrogen-bond donors (Lipinski definition) is 3. The molecule has 1 amide bonds. The summed E-state index contributed by atoms with van der Waals surface area (Å²) in [6.45, 7) is 1.22. The Balaban J connectivity index is 0.000000360. The SMILES string of the molecule is O=C(NCc1cn(-c2ccccc2)nn1)c1coc([C@@H]2CCCN2)n1.O=C(O)C(F)(F)F. The van der Waals surface area contributed by atoms with Crippen molar-refractivity contribution in [3.8, 4) is 5.69 Å². The number of alkyl halides is 3. The van der Waals surface area contributed by atoms with E-state index in [4.69, 9.17) is 14.3 Å². The van der Waals surface area contributed by atoms with Gasteiger partial charge >= 0.3 is 12.1 Å². The van der Waals surface area contributed by atoms with E-state index in [2.05, 4.69) is 25.9 Å². The zero-order valence-corrected chi connectivity index (χ0v) is 16.5. The van der Waals surface area contributed by atoms with Crippen molar-refractivity contribution in [3.63, 3.8) is 0 Å². The Hall–Kier alpha value is -3.74. The summed E-state index contributed by atoms with van der Waals surface area (Å²) in [5.74, 6) is -2.48. The molecule has 32 heavy (non-hydrogen) atoms. The monoisotopic (exact) mass is 452 g/mol.